The van der Waals surface area contributed by atoms with Crippen LogP contribution in [0.4, 0.5) is 0 Å². The normalized spacial score (nSPS) is 24.3. The van der Waals surface area contributed by atoms with Gasteiger partial charge in [-0.3, -0.25) is 14.6 Å². The SMILES string of the molecule is NC(=O)[C@@H]1C[C@H](Oc2ccccc2)CN1C1CCN(Cc2ccccc2)CC1. The lowest BCUT2D eigenvalue weighted by Gasteiger charge is -2.38. The lowest BCUT2D eigenvalue weighted by molar-refractivity contribution is -0.123. The van der Waals surface area contributed by atoms with Crippen LogP contribution < -0.4 is 10.5 Å². The summed E-state index contributed by atoms with van der Waals surface area (Å²) in [4.78, 5) is 16.9. The second kappa shape index (κ2) is 8.76. The predicted octanol–water partition coefficient (Wildman–Crippen LogP) is 2.66. The van der Waals surface area contributed by atoms with Crippen LogP contribution >= 0.6 is 0 Å². The van der Waals surface area contributed by atoms with Gasteiger partial charge in [-0.2, -0.15) is 0 Å². The molecule has 2 heterocycles. The molecular formula is C23H29N3O2. The fraction of sp³-hybridized carbons (Fsp3) is 0.435. The Morgan fingerprint density at radius 1 is 1.00 bits per heavy atom. The van der Waals surface area contributed by atoms with Crippen molar-refractivity contribution in [3.63, 3.8) is 0 Å². The molecule has 0 saturated carbocycles. The maximum absolute atomic E-state index is 12.1. The van der Waals surface area contributed by atoms with E-state index in [1.807, 2.05) is 30.3 Å². The second-order valence-electron chi connectivity index (χ2n) is 7.90. The number of nitrogens with zero attached hydrogens (tertiary/aromatic N) is 2. The molecule has 0 radical (unpaired) electrons. The van der Waals surface area contributed by atoms with Crippen molar-refractivity contribution >= 4 is 5.91 Å². The molecule has 1 amide bonds. The molecule has 2 N–H and O–H groups in total. The quantitative estimate of drug-likeness (QED) is 0.838. The van der Waals surface area contributed by atoms with Crippen LogP contribution in [0.25, 0.3) is 0 Å². The molecule has 2 atom stereocenters. The zero-order chi connectivity index (χ0) is 19.3. The van der Waals surface area contributed by atoms with E-state index in [1.165, 1.54) is 5.56 Å². The number of ether oxygens (including phenoxy) is 1. The Labute approximate surface area is 167 Å². The molecule has 4 rings (SSSR count). The van der Waals surface area contributed by atoms with E-state index >= 15 is 0 Å². The standard InChI is InChI=1S/C23H29N3O2/c24-23(27)22-15-21(28-20-9-5-2-6-10-20)17-26(22)19-11-13-25(14-12-19)16-18-7-3-1-4-8-18/h1-10,19,21-22H,11-17H2,(H2,24,27)/t21-,22-/m0/s1. The average Bonchev–Trinajstić information content (AvgIpc) is 3.14. The third-order valence-corrected chi connectivity index (χ3v) is 5.95. The Hall–Kier alpha value is -2.37. The summed E-state index contributed by atoms with van der Waals surface area (Å²) in [6, 6.07) is 20.6. The Balaban J connectivity index is 1.34. The van der Waals surface area contributed by atoms with Crippen molar-refractivity contribution in [2.45, 2.75) is 44.0 Å². The van der Waals surface area contributed by atoms with E-state index in [0.717, 1.165) is 44.8 Å². The smallest absolute Gasteiger partial charge is 0.234 e. The molecule has 0 aromatic heterocycles. The highest BCUT2D eigenvalue weighted by Crippen LogP contribution is 2.29. The summed E-state index contributed by atoms with van der Waals surface area (Å²) >= 11 is 0. The van der Waals surface area contributed by atoms with Crippen LogP contribution in [0.3, 0.4) is 0 Å². The molecule has 0 bridgehead atoms. The summed E-state index contributed by atoms with van der Waals surface area (Å²) in [5.41, 5.74) is 7.09. The molecule has 5 nitrogen and oxygen atoms in total. The zero-order valence-electron chi connectivity index (χ0n) is 16.2. The molecule has 28 heavy (non-hydrogen) atoms. The third-order valence-electron chi connectivity index (χ3n) is 5.95. The molecule has 0 aliphatic carbocycles. The minimum atomic E-state index is -0.231. The van der Waals surface area contributed by atoms with Gasteiger partial charge in [0.2, 0.25) is 5.91 Å². The van der Waals surface area contributed by atoms with Gasteiger partial charge in [-0.1, -0.05) is 48.5 Å². The molecule has 0 unspecified atom stereocenters. The van der Waals surface area contributed by atoms with Crippen LogP contribution in [-0.4, -0.2) is 53.5 Å². The number of amides is 1. The van der Waals surface area contributed by atoms with Crippen LogP contribution in [0.5, 0.6) is 5.75 Å². The number of rotatable bonds is 6. The van der Waals surface area contributed by atoms with Crippen LogP contribution in [0.1, 0.15) is 24.8 Å². The van der Waals surface area contributed by atoms with Crippen molar-refractivity contribution in [3.8, 4) is 5.75 Å². The number of piperidine rings is 1. The number of hydrogen-bond donors (Lipinski definition) is 1. The first-order chi connectivity index (χ1) is 13.7. The number of carbonyl (C=O) groups excluding carboxylic acids is 1. The van der Waals surface area contributed by atoms with E-state index in [2.05, 4.69) is 40.1 Å². The Kier molecular flexibility index (Phi) is 5.93. The van der Waals surface area contributed by atoms with E-state index in [1.54, 1.807) is 0 Å². The minimum absolute atomic E-state index is 0.0160. The highest BCUT2D eigenvalue weighted by atomic mass is 16.5. The van der Waals surface area contributed by atoms with Gasteiger partial charge in [-0.05, 0) is 43.6 Å². The number of hydrogen-bond acceptors (Lipinski definition) is 4. The molecule has 2 aromatic rings. The number of para-hydroxylation sites is 1. The van der Waals surface area contributed by atoms with Gasteiger partial charge in [0.05, 0.1) is 6.04 Å². The number of primary amides is 1. The fourth-order valence-corrected chi connectivity index (χ4v) is 4.53. The molecule has 0 spiro atoms. The van der Waals surface area contributed by atoms with Gasteiger partial charge in [-0.25, -0.2) is 0 Å². The van der Waals surface area contributed by atoms with Crippen molar-refractivity contribution in [2.24, 2.45) is 5.73 Å². The number of carbonyl (C=O) groups is 1. The molecule has 2 aliphatic rings. The highest BCUT2D eigenvalue weighted by molar-refractivity contribution is 5.80. The third kappa shape index (κ3) is 4.54. The molecule has 2 saturated heterocycles. The van der Waals surface area contributed by atoms with Crippen molar-refractivity contribution < 1.29 is 9.53 Å². The maximum atomic E-state index is 12.1. The van der Waals surface area contributed by atoms with E-state index in [9.17, 15) is 4.79 Å². The Morgan fingerprint density at radius 3 is 2.29 bits per heavy atom. The summed E-state index contributed by atoms with van der Waals surface area (Å²) < 4.78 is 6.12. The first-order valence-electron chi connectivity index (χ1n) is 10.2. The van der Waals surface area contributed by atoms with Crippen LogP contribution in [0.2, 0.25) is 0 Å². The van der Waals surface area contributed by atoms with Crippen LogP contribution in [-0.2, 0) is 11.3 Å². The van der Waals surface area contributed by atoms with Gasteiger partial charge in [-0.15, -0.1) is 0 Å². The highest BCUT2D eigenvalue weighted by Gasteiger charge is 2.41. The van der Waals surface area contributed by atoms with Gasteiger partial charge in [0.25, 0.3) is 0 Å². The predicted molar refractivity (Wildman–Crippen MR) is 110 cm³/mol. The van der Waals surface area contributed by atoms with E-state index in [4.69, 9.17) is 10.5 Å². The van der Waals surface area contributed by atoms with Crippen molar-refractivity contribution in [1.82, 2.24) is 9.80 Å². The summed E-state index contributed by atoms with van der Waals surface area (Å²) in [5, 5.41) is 0. The number of nitrogens with two attached hydrogens (primary N) is 1. The monoisotopic (exact) mass is 379 g/mol. The summed E-state index contributed by atoms with van der Waals surface area (Å²) in [6.07, 6.45) is 2.82. The van der Waals surface area contributed by atoms with Crippen molar-refractivity contribution in [2.75, 3.05) is 19.6 Å². The molecule has 5 heteroatoms. The van der Waals surface area contributed by atoms with Gasteiger partial charge in [0, 0.05) is 25.6 Å². The average molecular weight is 380 g/mol. The summed E-state index contributed by atoms with van der Waals surface area (Å²) in [6.45, 7) is 3.86. The van der Waals surface area contributed by atoms with Crippen molar-refractivity contribution in [3.05, 3.63) is 66.2 Å². The minimum Gasteiger partial charge on any atom is -0.489 e. The number of likely N-dealkylation sites (tertiary alicyclic amines) is 2. The molecule has 2 aromatic carbocycles. The largest absolute Gasteiger partial charge is 0.489 e. The number of benzene rings is 2. The second-order valence-corrected chi connectivity index (χ2v) is 7.90. The lowest BCUT2D eigenvalue weighted by atomic mass is 10.0. The van der Waals surface area contributed by atoms with Gasteiger partial charge in [0.15, 0.2) is 0 Å². The van der Waals surface area contributed by atoms with E-state index in [-0.39, 0.29) is 18.1 Å². The molecule has 2 aliphatic heterocycles. The summed E-state index contributed by atoms with van der Waals surface area (Å²) in [5.74, 6) is 0.626. The maximum Gasteiger partial charge on any atom is 0.234 e. The lowest BCUT2D eigenvalue weighted by Crippen LogP contribution is -2.50. The van der Waals surface area contributed by atoms with Crippen LogP contribution in [0.15, 0.2) is 60.7 Å². The molecular weight excluding hydrogens is 350 g/mol. The Bertz CT molecular complexity index is 760. The molecule has 148 valence electrons. The van der Waals surface area contributed by atoms with Gasteiger partial charge < -0.3 is 10.5 Å². The topological polar surface area (TPSA) is 58.8 Å². The van der Waals surface area contributed by atoms with E-state index < -0.39 is 0 Å². The molecule has 2 fully saturated rings. The van der Waals surface area contributed by atoms with Crippen LogP contribution in [0, 0.1) is 0 Å². The summed E-state index contributed by atoms with van der Waals surface area (Å²) in [7, 11) is 0. The first-order valence-corrected chi connectivity index (χ1v) is 10.2. The van der Waals surface area contributed by atoms with Crippen molar-refractivity contribution in [1.29, 1.82) is 0 Å². The Morgan fingerprint density at radius 2 is 1.64 bits per heavy atom. The van der Waals surface area contributed by atoms with Gasteiger partial charge in [0.1, 0.15) is 11.9 Å². The van der Waals surface area contributed by atoms with E-state index in [0.29, 0.717) is 12.5 Å². The fourth-order valence-electron chi connectivity index (χ4n) is 4.53. The van der Waals surface area contributed by atoms with Gasteiger partial charge >= 0.3 is 0 Å². The zero-order valence-corrected chi connectivity index (χ0v) is 16.2. The first kappa shape index (κ1) is 19.0.